The Morgan fingerprint density at radius 2 is 1.90 bits per heavy atom. The number of aromatic amines is 1. The number of piperidine rings is 1. The minimum atomic E-state index is -0.552. The van der Waals surface area contributed by atoms with Gasteiger partial charge in [0.25, 0.3) is 5.91 Å². The van der Waals surface area contributed by atoms with Gasteiger partial charge >= 0.3 is 0 Å². The second kappa shape index (κ2) is 9.60. The predicted molar refractivity (Wildman–Crippen MR) is 139 cm³/mol. The van der Waals surface area contributed by atoms with Crippen LogP contribution in [-0.2, 0) is 9.59 Å². The van der Waals surface area contributed by atoms with Crippen LogP contribution in [0.4, 0.5) is 4.39 Å². The van der Waals surface area contributed by atoms with Gasteiger partial charge in [-0.05, 0) is 63.9 Å². The van der Waals surface area contributed by atoms with Gasteiger partial charge in [0.2, 0.25) is 17.7 Å². The zero-order valence-corrected chi connectivity index (χ0v) is 22.5. The molecule has 2 saturated heterocycles. The summed E-state index contributed by atoms with van der Waals surface area (Å²) >= 11 is 0. The average molecular weight is 539 g/mol. The highest BCUT2D eigenvalue weighted by molar-refractivity contribution is 5.94. The first-order valence-corrected chi connectivity index (χ1v) is 13.9. The van der Waals surface area contributed by atoms with Crippen LogP contribution in [0.3, 0.4) is 0 Å². The van der Waals surface area contributed by atoms with Gasteiger partial charge in [-0.15, -0.1) is 0 Å². The number of pyridine rings is 1. The van der Waals surface area contributed by atoms with Gasteiger partial charge in [-0.3, -0.25) is 19.5 Å². The summed E-state index contributed by atoms with van der Waals surface area (Å²) in [6.07, 6.45) is 9.23. The van der Waals surface area contributed by atoms with Crippen molar-refractivity contribution in [3.05, 3.63) is 29.8 Å². The number of likely N-dealkylation sites (tertiary alicyclic amines) is 2. The van der Waals surface area contributed by atoms with Crippen molar-refractivity contribution in [2.45, 2.75) is 81.3 Å². The van der Waals surface area contributed by atoms with Crippen LogP contribution in [0.5, 0.6) is 5.88 Å². The van der Waals surface area contributed by atoms with Crippen molar-refractivity contribution in [1.82, 2.24) is 30.3 Å². The molecule has 4 heterocycles. The fourth-order valence-electron chi connectivity index (χ4n) is 6.94. The first-order chi connectivity index (χ1) is 18.7. The average Bonchev–Trinajstić information content (AvgIpc) is 3.42. The highest BCUT2D eigenvalue weighted by Gasteiger charge is 2.55. The summed E-state index contributed by atoms with van der Waals surface area (Å²) in [5, 5.41) is 10.2. The molecule has 0 bridgehead atoms. The number of halogens is 1. The highest BCUT2D eigenvalue weighted by Crippen LogP contribution is 2.50. The largest absolute Gasteiger partial charge is 0.481 e. The highest BCUT2D eigenvalue weighted by atomic mass is 19.1. The summed E-state index contributed by atoms with van der Waals surface area (Å²) in [6.45, 7) is 0.489. The SMILES string of the molecule is COc1cc(-c2cc(C(=O)N3CC[C@H](C(=O)NC4CCC5(CCC(=O)N5C)CC4)CC34CC4)[nH]n2)c(F)cn1. The third kappa shape index (κ3) is 4.55. The first kappa shape index (κ1) is 25.8. The molecule has 2 spiro atoms. The summed E-state index contributed by atoms with van der Waals surface area (Å²) in [5.74, 6) is -0.295. The minimum absolute atomic E-state index is 0.0239. The number of carbonyl (C=O) groups is 3. The number of H-pyrrole nitrogens is 1. The Kier molecular flexibility index (Phi) is 6.34. The molecule has 2 aromatic rings. The summed E-state index contributed by atoms with van der Waals surface area (Å²) in [5.41, 5.74) is 0.466. The predicted octanol–water partition coefficient (Wildman–Crippen LogP) is 3.05. The van der Waals surface area contributed by atoms with Gasteiger partial charge < -0.3 is 19.9 Å². The molecule has 1 atom stereocenters. The molecule has 0 unspecified atom stereocenters. The molecule has 3 amide bonds. The van der Waals surface area contributed by atoms with Crippen molar-refractivity contribution in [3.63, 3.8) is 0 Å². The Hall–Kier alpha value is -3.50. The summed E-state index contributed by atoms with van der Waals surface area (Å²) in [7, 11) is 3.36. The molecule has 2 N–H and O–H groups in total. The topological polar surface area (TPSA) is 121 Å². The van der Waals surface area contributed by atoms with Crippen LogP contribution in [0.2, 0.25) is 0 Å². The van der Waals surface area contributed by atoms with Crippen LogP contribution in [0.1, 0.15) is 74.7 Å². The van der Waals surface area contributed by atoms with E-state index in [2.05, 4.69) is 20.5 Å². The van der Waals surface area contributed by atoms with E-state index in [9.17, 15) is 18.8 Å². The summed E-state index contributed by atoms with van der Waals surface area (Å²) < 4.78 is 19.5. The molecular weight excluding hydrogens is 503 g/mol. The van der Waals surface area contributed by atoms with Crippen molar-refractivity contribution in [2.24, 2.45) is 5.92 Å². The summed E-state index contributed by atoms with van der Waals surface area (Å²) in [6, 6.07) is 3.14. The van der Waals surface area contributed by atoms with Gasteiger partial charge in [-0.25, -0.2) is 9.37 Å². The number of ether oxygens (including phenoxy) is 1. The van der Waals surface area contributed by atoms with Gasteiger partial charge in [0.15, 0.2) is 5.82 Å². The maximum atomic E-state index is 14.4. The maximum Gasteiger partial charge on any atom is 0.272 e. The molecule has 0 radical (unpaired) electrons. The zero-order valence-electron chi connectivity index (χ0n) is 22.5. The van der Waals surface area contributed by atoms with E-state index in [-0.39, 0.29) is 52.2 Å². The van der Waals surface area contributed by atoms with E-state index >= 15 is 0 Å². The lowest BCUT2D eigenvalue weighted by Crippen LogP contribution is -2.53. The third-order valence-electron chi connectivity index (χ3n) is 9.62. The van der Waals surface area contributed by atoms with Gasteiger partial charge in [-0.2, -0.15) is 5.10 Å². The molecule has 2 aliphatic heterocycles. The number of amides is 3. The number of aromatic nitrogens is 3. The van der Waals surface area contributed by atoms with Gasteiger partial charge in [0.1, 0.15) is 5.69 Å². The molecule has 11 heteroatoms. The fourth-order valence-corrected chi connectivity index (χ4v) is 6.94. The quantitative estimate of drug-likeness (QED) is 0.604. The van der Waals surface area contributed by atoms with E-state index in [1.165, 1.54) is 13.2 Å². The van der Waals surface area contributed by atoms with E-state index in [0.29, 0.717) is 37.2 Å². The zero-order chi connectivity index (χ0) is 27.4. The van der Waals surface area contributed by atoms with Crippen molar-refractivity contribution in [2.75, 3.05) is 20.7 Å². The summed E-state index contributed by atoms with van der Waals surface area (Å²) in [4.78, 5) is 46.4. The fraction of sp³-hybridized carbons (Fsp3) is 0.607. The van der Waals surface area contributed by atoms with E-state index < -0.39 is 5.82 Å². The molecule has 0 aromatic carbocycles. The van der Waals surface area contributed by atoms with Crippen LogP contribution < -0.4 is 10.1 Å². The number of nitrogens with one attached hydrogen (secondary N) is 2. The van der Waals surface area contributed by atoms with Crippen LogP contribution >= 0.6 is 0 Å². The standard InChI is InChI=1S/C28H35FN6O4/c1-34-24(36)5-9-27(34)7-3-18(4-8-27)31-25(37)17-6-12-35(28(15-17)10-11-28)26(38)22-14-21(32-33-22)19-13-23(39-2)30-16-20(19)29/h13-14,16-18H,3-12,15H2,1-2H3,(H,31,37)(H,32,33)/t17-,18?,27?/m0/s1. The Balaban J connectivity index is 1.07. The van der Waals surface area contributed by atoms with E-state index in [1.807, 2.05) is 16.8 Å². The molecule has 39 heavy (non-hydrogen) atoms. The van der Waals surface area contributed by atoms with E-state index in [0.717, 1.165) is 51.1 Å². The molecular formula is C28H35FN6O4. The van der Waals surface area contributed by atoms with Gasteiger partial charge in [-0.1, -0.05) is 0 Å². The number of carbonyl (C=O) groups excluding carboxylic acids is 3. The molecule has 2 saturated carbocycles. The van der Waals surface area contributed by atoms with E-state index in [1.54, 1.807) is 6.07 Å². The first-order valence-electron chi connectivity index (χ1n) is 13.9. The van der Waals surface area contributed by atoms with Crippen molar-refractivity contribution < 1.29 is 23.5 Å². The maximum absolute atomic E-state index is 14.4. The Labute approximate surface area is 226 Å². The molecule has 10 nitrogen and oxygen atoms in total. The van der Waals surface area contributed by atoms with E-state index in [4.69, 9.17) is 4.74 Å². The number of nitrogens with zero attached hydrogens (tertiary/aromatic N) is 4. The van der Waals surface area contributed by atoms with Crippen molar-refractivity contribution in [3.8, 4) is 17.1 Å². The van der Waals surface area contributed by atoms with Gasteiger partial charge in [0.05, 0.1) is 19.0 Å². The lowest BCUT2D eigenvalue weighted by Gasteiger charge is -2.43. The second-order valence-electron chi connectivity index (χ2n) is 11.7. The number of rotatable bonds is 5. The van der Waals surface area contributed by atoms with Crippen LogP contribution in [-0.4, -0.2) is 80.5 Å². The Bertz CT molecular complexity index is 1300. The molecule has 2 aliphatic carbocycles. The van der Waals surface area contributed by atoms with Crippen molar-refractivity contribution in [1.29, 1.82) is 0 Å². The van der Waals surface area contributed by atoms with Crippen molar-refractivity contribution >= 4 is 17.7 Å². The minimum Gasteiger partial charge on any atom is -0.481 e. The monoisotopic (exact) mass is 538 g/mol. The van der Waals surface area contributed by atoms with Crippen LogP contribution in [0.15, 0.2) is 18.3 Å². The third-order valence-corrected chi connectivity index (χ3v) is 9.62. The number of hydrogen-bond acceptors (Lipinski definition) is 6. The lowest BCUT2D eigenvalue weighted by atomic mass is 9.77. The Morgan fingerprint density at radius 3 is 2.56 bits per heavy atom. The smallest absolute Gasteiger partial charge is 0.272 e. The van der Waals surface area contributed by atoms with Crippen LogP contribution in [0, 0.1) is 11.7 Å². The lowest BCUT2D eigenvalue weighted by molar-refractivity contribution is -0.131. The normalized spacial score (nSPS) is 27.7. The molecule has 6 rings (SSSR count). The Morgan fingerprint density at radius 1 is 1.13 bits per heavy atom. The van der Waals surface area contributed by atoms with Crippen LogP contribution in [0.25, 0.3) is 11.3 Å². The molecule has 4 fully saturated rings. The van der Waals surface area contributed by atoms with Gasteiger partial charge in [0, 0.05) is 54.7 Å². The molecule has 208 valence electrons. The number of methoxy groups -OCH3 is 1. The molecule has 2 aromatic heterocycles. The molecule has 4 aliphatic rings. The second-order valence-corrected chi connectivity index (χ2v) is 11.7. The number of hydrogen-bond donors (Lipinski definition) is 2.